The molecule has 2 heterocycles. The fourth-order valence-corrected chi connectivity index (χ4v) is 4.01. The van der Waals surface area contributed by atoms with Crippen LogP contribution in [0.15, 0.2) is 53.9 Å². The molecule has 0 spiro atoms. The molecule has 4 aromatic rings. The number of amides is 1. The van der Waals surface area contributed by atoms with Crippen molar-refractivity contribution in [3.8, 4) is 22.6 Å². The maximum absolute atomic E-state index is 12.5. The second-order valence-electron chi connectivity index (χ2n) is 6.71. The van der Waals surface area contributed by atoms with E-state index in [2.05, 4.69) is 20.5 Å². The number of benzene rings is 2. The quantitative estimate of drug-likeness (QED) is 0.364. The van der Waals surface area contributed by atoms with Crippen molar-refractivity contribution in [3.63, 3.8) is 0 Å². The van der Waals surface area contributed by atoms with Gasteiger partial charge >= 0.3 is 0 Å². The summed E-state index contributed by atoms with van der Waals surface area (Å²) in [5, 5.41) is 13.1. The molecule has 0 saturated heterocycles. The van der Waals surface area contributed by atoms with Gasteiger partial charge in [-0.3, -0.25) is 14.5 Å². The minimum absolute atomic E-state index is 0.134. The zero-order chi connectivity index (χ0) is 21.1. The highest BCUT2D eigenvalue weighted by Gasteiger charge is 2.12. The molecule has 6 nitrogen and oxygen atoms in total. The van der Waals surface area contributed by atoms with Crippen LogP contribution in [0, 0.1) is 11.7 Å². The van der Waals surface area contributed by atoms with Crippen LogP contribution in [-0.2, 0) is 11.3 Å². The molecule has 0 bridgehead atoms. The number of H-pyrrole nitrogens is 1. The van der Waals surface area contributed by atoms with Crippen LogP contribution in [0.3, 0.4) is 0 Å². The van der Waals surface area contributed by atoms with E-state index >= 15 is 0 Å². The number of aromatic amines is 1. The predicted molar refractivity (Wildman–Crippen MR) is 123 cm³/mol. The Morgan fingerprint density at radius 1 is 1.17 bits per heavy atom. The standard InChI is InChI=1S/C21H18ClN5OS2/c1-13-2-4-15(5-3-13)19-25-26-21(29)27(19)11-10-18(28)24-20-23-17(12-30-20)14-6-8-16(22)9-7-14/h2-9,12H,10-11H2,1H3,(H,26,29)(H,23,24,28). The number of halogens is 1. The molecule has 2 N–H and O–H groups in total. The number of carbonyl (C=O) groups is 1. The van der Waals surface area contributed by atoms with Gasteiger partial charge in [0.2, 0.25) is 5.91 Å². The lowest BCUT2D eigenvalue weighted by molar-refractivity contribution is -0.116. The Bertz CT molecular complexity index is 1230. The highest BCUT2D eigenvalue weighted by atomic mass is 35.5. The number of nitrogens with zero attached hydrogens (tertiary/aromatic N) is 3. The molecule has 1 amide bonds. The van der Waals surface area contributed by atoms with E-state index in [1.54, 1.807) is 0 Å². The lowest BCUT2D eigenvalue weighted by atomic mass is 10.1. The monoisotopic (exact) mass is 455 g/mol. The smallest absolute Gasteiger partial charge is 0.227 e. The molecular weight excluding hydrogens is 438 g/mol. The van der Waals surface area contributed by atoms with E-state index < -0.39 is 0 Å². The summed E-state index contributed by atoms with van der Waals surface area (Å²) in [6.07, 6.45) is 0.253. The summed E-state index contributed by atoms with van der Waals surface area (Å²) in [5.74, 6) is 0.581. The Kier molecular flexibility index (Phi) is 6.08. The van der Waals surface area contributed by atoms with E-state index in [1.807, 2.05) is 65.4 Å². The third kappa shape index (κ3) is 4.67. The van der Waals surface area contributed by atoms with Gasteiger partial charge in [-0.05, 0) is 31.3 Å². The molecule has 4 rings (SSSR count). The van der Waals surface area contributed by atoms with Crippen molar-refractivity contribution in [2.75, 3.05) is 5.32 Å². The Hall–Kier alpha value is -2.81. The molecule has 0 fully saturated rings. The average Bonchev–Trinajstić information content (AvgIpc) is 3.34. The highest BCUT2D eigenvalue weighted by molar-refractivity contribution is 7.71. The van der Waals surface area contributed by atoms with Gasteiger partial charge < -0.3 is 5.32 Å². The molecule has 0 aliphatic heterocycles. The Balaban J connectivity index is 1.41. The average molecular weight is 456 g/mol. The van der Waals surface area contributed by atoms with E-state index in [-0.39, 0.29) is 12.3 Å². The summed E-state index contributed by atoms with van der Waals surface area (Å²) in [4.78, 5) is 16.9. The van der Waals surface area contributed by atoms with Gasteiger partial charge in [-0.1, -0.05) is 53.6 Å². The zero-order valence-electron chi connectivity index (χ0n) is 16.1. The van der Waals surface area contributed by atoms with Crippen molar-refractivity contribution in [1.29, 1.82) is 0 Å². The fraction of sp³-hybridized carbons (Fsp3) is 0.143. The van der Waals surface area contributed by atoms with E-state index in [0.717, 1.165) is 16.8 Å². The first-order chi connectivity index (χ1) is 14.5. The summed E-state index contributed by atoms with van der Waals surface area (Å²) >= 11 is 12.7. The van der Waals surface area contributed by atoms with Gasteiger partial charge in [0, 0.05) is 34.5 Å². The number of anilines is 1. The number of hydrogen-bond donors (Lipinski definition) is 2. The Morgan fingerprint density at radius 2 is 1.87 bits per heavy atom. The van der Waals surface area contributed by atoms with Gasteiger partial charge in [-0.2, -0.15) is 5.10 Å². The molecule has 30 heavy (non-hydrogen) atoms. The zero-order valence-corrected chi connectivity index (χ0v) is 18.4. The molecular formula is C21H18ClN5OS2. The second kappa shape index (κ2) is 8.91. The SMILES string of the molecule is Cc1ccc(-c2n[nH]c(=S)n2CCC(=O)Nc2nc(-c3ccc(Cl)cc3)cs2)cc1. The Morgan fingerprint density at radius 3 is 2.60 bits per heavy atom. The normalized spacial score (nSPS) is 10.9. The minimum Gasteiger partial charge on any atom is -0.302 e. The van der Waals surface area contributed by atoms with Crippen molar-refractivity contribution in [2.24, 2.45) is 0 Å². The summed E-state index contributed by atoms with van der Waals surface area (Å²) in [6, 6.07) is 15.4. The van der Waals surface area contributed by atoms with Crippen LogP contribution in [0.1, 0.15) is 12.0 Å². The second-order valence-corrected chi connectivity index (χ2v) is 8.39. The molecule has 0 unspecified atom stereocenters. The first-order valence-corrected chi connectivity index (χ1v) is 10.9. The number of nitrogens with one attached hydrogen (secondary N) is 2. The van der Waals surface area contributed by atoms with Crippen LogP contribution >= 0.6 is 35.2 Å². The van der Waals surface area contributed by atoms with Crippen molar-refractivity contribution < 1.29 is 4.79 Å². The summed E-state index contributed by atoms with van der Waals surface area (Å²) in [6.45, 7) is 2.45. The van der Waals surface area contributed by atoms with Crippen LogP contribution in [0.25, 0.3) is 22.6 Å². The van der Waals surface area contributed by atoms with Crippen LogP contribution in [0.2, 0.25) is 5.02 Å². The molecule has 0 aliphatic carbocycles. The molecule has 2 aromatic carbocycles. The van der Waals surface area contributed by atoms with E-state index in [9.17, 15) is 4.79 Å². The number of hydrogen-bond acceptors (Lipinski definition) is 5. The lowest BCUT2D eigenvalue weighted by Crippen LogP contribution is -2.15. The van der Waals surface area contributed by atoms with Crippen LogP contribution in [0.4, 0.5) is 5.13 Å². The molecule has 0 radical (unpaired) electrons. The van der Waals surface area contributed by atoms with Crippen molar-refractivity contribution in [1.82, 2.24) is 19.7 Å². The minimum atomic E-state index is -0.134. The van der Waals surface area contributed by atoms with E-state index in [0.29, 0.717) is 27.3 Å². The first kappa shape index (κ1) is 20.5. The molecule has 0 atom stereocenters. The molecule has 152 valence electrons. The third-order valence-electron chi connectivity index (χ3n) is 4.52. The van der Waals surface area contributed by atoms with Crippen LogP contribution in [0.5, 0.6) is 0 Å². The molecule has 9 heteroatoms. The van der Waals surface area contributed by atoms with Gasteiger partial charge in [0.05, 0.1) is 5.69 Å². The fourth-order valence-electron chi connectivity index (χ4n) is 2.93. The van der Waals surface area contributed by atoms with Crippen LogP contribution < -0.4 is 5.32 Å². The molecule has 2 aromatic heterocycles. The first-order valence-electron chi connectivity index (χ1n) is 9.23. The van der Waals surface area contributed by atoms with Crippen molar-refractivity contribution in [2.45, 2.75) is 19.9 Å². The van der Waals surface area contributed by atoms with Crippen molar-refractivity contribution in [3.05, 3.63) is 69.3 Å². The number of aryl methyl sites for hydroxylation is 1. The van der Waals surface area contributed by atoms with Gasteiger partial charge in [0.1, 0.15) is 0 Å². The maximum Gasteiger partial charge on any atom is 0.227 e. The number of rotatable bonds is 6. The largest absolute Gasteiger partial charge is 0.302 e. The summed E-state index contributed by atoms with van der Waals surface area (Å²) < 4.78 is 2.32. The number of carbonyl (C=O) groups excluding carboxylic acids is 1. The summed E-state index contributed by atoms with van der Waals surface area (Å²) in [7, 11) is 0. The van der Waals surface area contributed by atoms with Crippen LogP contribution in [-0.4, -0.2) is 25.7 Å². The van der Waals surface area contributed by atoms with Gasteiger partial charge in [-0.15, -0.1) is 11.3 Å². The lowest BCUT2D eigenvalue weighted by Gasteiger charge is -2.07. The van der Waals surface area contributed by atoms with Gasteiger partial charge in [0.25, 0.3) is 0 Å². The highest BCUT2D eigenvalue weighted by Crippen LogP contribution is 2.26. The number of thiazole rings is 1. The molecule has 0 saturated carbocycles. The Labute approximate surface area is 187 Å². The van der Waals surface area contributed by atoms with E-state index in [1.165, 1.54) is 16.9 Å². The van der Waals surface area contributed by atoms with E-state index in [4.69, 9.17) is 23.8 Å². The number of aromatic nitrogens is 4. The maximum atomic E-state index is 12.5. The predicted octanol–water partition coefficient (Wildman–Crippen LogP) is 5.72. The van der Waals surface area contributed by atoms with Crippen molar-refractivity contribution >= 4 is 46.2 Å². The summed E-state index contributed by atoms with van der Waals surface area (Å²) in [5.41, 5.74) is 3.86. The topological polar surface area (TPSA) is 75.6 Å². The molecule has 0 aliphatic rings. The van der Waals surface area contributed by atoms with Gasteiger partial charge in [-0.25, -0.2) is 4.98 Å². The van der Waals surface area contributed by atoms with Gasteiger partial charge in [0.15, 0.2) is 15.7 Å². The third-order valence-corrected chi connectivity index (χ3v) is 5.84.